The van der Waals surface area contributed by atoms with Crippen molar-refractivity contribution in [3.8, 4) is 0 Å². The minimum atomic E-state index is -0.250. The number of carbonyl (C=O) groups is 1. The highest BCUT2D eigenvalue weighted by Crippen LogP contribution is 2.16. The second kappa shape index (κ2) is 5.23. The third-order valence-electron chi connectivity index (χ3n) is 2.34. The molecular formula is C10H14N6OS. The third-order valence-corrected chi connectivity index (χ3v) is 3.38. The van der Waals surface area contributed by atoms with Crippen molar-refractivity contribution >= 4 is 17.2 Å². The lowest BCUT2D eigenvalue weighted by Crippen LogP contribution is -2.27. The summed E-state index contributed by atoms with van der Waals surface area (Å²) in [5.41, 5.74) is 6.07. The molecule has 0 bridgehead atoms. The molecule has 7 nitrogen and oxygen atoms in total. The van der Waals surface area contributed by atoms with Gasteiger partial charge < -0.3 is 11.1 Å². The molecule has 0 radical (unpaired) electrons. The maximum Gasteiger partial charge on any atom is 0.271 e. The second-order valence-electron chi connectivity index (χ2n) is 3.93. The molecule has 8 heteroatoms. The van der Waals surface area contributed by atoms with Gasteiger partial charge in [0.25, 0.3) is 5.91 Å². The van der Waals surface area contributed by atoms with Gasteiger partial charge in [-0.1, -0.05) is 0 Å². The number of aromatic amines is 1. The van der Waals surface area contributed by atoms with Gasteiger partial charge in [-0.3, -0.25) is 9.89 Å². The Hall–Kier alpha value is -1.80. The normalized spacial score (nSPS) is 14.2. The number of carbonyl (C=O) groups excluding carboxylic acids is 1. The Balaban J connectivity index is 2.03. The topological polar surface area (TPSA) is 110 Å². The average molecular weight is 266 g/mol. The zero-order valence-corrected chi connectivity index (χ0v) is 10.9. The van der Waals surface area contributed by atoms with Crippen LogP contribution in [0.2, 0.25) is 0 Å². The summed E-state index contributed by atoms with van der Waals surface area (Å²) in [7, 11) is 0. The van der Waals surface area contributed by atoms with E-state index in [0.717, 1.165) is 5.01 Å². The van der Waals surface area contributed by atoms with E-state index in [1.807, 2.05) is 13.8 Å². The minimum absolute atomic E-state index is 0.164. The van der Waals surface area contributed by atoms with Crippen LogP contribution < -0.4 is 11.1 Å². The molecule has 0 aliphatic rings. The van der Waals surface area contributed by atoms with Gasteiger partial charge in [0.15, 0.2) is 0 Å². The number of hydrogen-bond donors (Lipinski definition) is 3. The summed E-state index contributed by atoms with van der Waals surface area (Å²) in [5, 5.41) is 11.7. The van der Waals surface area contributed by atoms with Crippen molar-refractivity contribution in [2.75, 3.05) is 0 Å². The first kappa shape index (κ1) is 12.7. The standard InChI is InChI=1S/C10H14N6OS/c1-5(11)10-15-7(3-18-10)9(17)14-6(2)8-12-4-13-16-8/h3-6H,11H2,1-2H3,(H,14,17)(H,12,13,16). The van der Waals surface area contributed by atoms with E-state index in [0.29, 0.717) is 11.5 Å². The number of nitrogens with zero attached hydrogens (tertiary/aromatic N) is 3. The molecule has 2 aromatic heterocycles. The van der Waals surface area contributed by atoms with Crippen LogP contribution in [0.4, 0.5) is 0 Å². The molecule has 0 spiro atoms. The van der Waals surface area contributed by atoms with Crippen molar-refractivity contribution in [1.29, 1.82) is 0 Å². The predicted molar refractivity (Wildman–Crippen MR) is 67.0 cm³/mol. The molecule has 2 heterocycles. The van der Waals surface area contributed by atoms with Crippen LogP contribution in [0.15, 0.2) is 11.7 Å². The molecule has 2 aromatic rings. The van der Waals surface area contributed by atoms with Gasteiger partial charge in [0, 0.05) is 5.38 Å². The molecule has 1 amide bonds. The molecule has 2 unspecified atom stereocenters. The van der Waals surface area contributed by atoms with Crippen molar-refractivity contribution in [1.82, 2.24) is 25.5 Å². The van der Waals surface area contributed by atoms with E-state index in [4.69, 9.17) is 5.73 Å². The molecule has 18 heavy (non-hydrogen) atoms. The number of amides is 1. The van der Waals surface area contributed by atoms with Gasteiger partial charge in [0.1, 0.15) is 22.9 Å². The van der Waals surface area contributed by atoms with Crippen molar-refractivity contribution in [3.63, 3.8) is 0 Å². The Morgan fingerprint density at radius 3 is 2.89 bits per heavy atom. The van der Waals surface area contributed by atoms with E-state index in [-0.39, 0.29) is 18.0 Å². The van der Waals surface area contributed by atoms with Gasteiger partial charge in [-0.25, -0.2) is 9.97 Å². The lowest BCUT2D eigenvalue weighted by atomic mass is 10.3. The third kappa shape index (κ3) is 2.71. The number of rotatable bonds is 4. The highest BCUT2D eigenvalue weighted by atomic mass is 32.1. The molecular weight excluding hydrogens is 252 g/mol. The fourth-order valence-corrected chi connectivity index (χ4v) is 2.12. The van der Waals surface area contributed by atoms with E-state index >= 15 is 0 Å². The van der Waals surface area contributed by atoms with Crippen LogP contribution in [-0.2, 0) is 0 Å². The molecule has 0 saturated heterocycles. The molecule has 0 aromatic carbocycles. The number of H-pyrrole nitrogens is 1. The summed E-state index contributed by atoms with van der Waals surface area (Å²) in [4.78, 5) is 20.1. The SMILES string of the molecule is CC(N)c1nc(C(=O)NC(C)c2ncn[nH]2)cs1. The zero-order valence-electron chi connectivity index (χ0n) is 10.0. The Morgan fingerprint density at radius 1 is 1.56 bits per heavy atom. The first-order valence-electron chi connectivity index (χ1n) is 5.45. The Kier molecular flexibility index (Phi) is 3.68. The van der Waals surface area contributed by atoms with Gasteiger partial charge in [0.2, 0.25) is 0 Å². The first-order chi connectivity index (χ1) is 8.58. The number of nitrogens with one attached hydrogen (secondary N) is 2. The average Bonchev–Trinajstić information content (AvgIpc) is 3.00. The maximum atomic E-state index is 11.9. The number of aromatic nitrogens is 4. The van der Waals surface area contributed by atoms with Gasteiger partial charge in [0.05, 0.1) is 12.1 Å². The smallest absolute Gasteiger partial charge is 0.271 e. The largest absolute Gasteiger partial charge is 0.341 e. The minimum Gasteiger partial charge on any atom is -0.341 e. The van der Waals surface area contributed by atoms with Gasteiger partial charge >= 0.3 is 0 Å². The maximum absolute atomic E-state index is 11.9. The Labute approximate surface area is 108 Å². The molecule has 0 aliphatic carbocycles. The van der Waals surface area contributed by atoms with Crippen LogP contribution >= 0.6 is 11.3 Å². The summed E-state index contributed by atoms with van der Waals surface area (Å²) < 4.78 is 0. The van der Waals surface area contributed by atoms with E-state index < -0.39 is 0 Å². The summed E-state index contributed by atoms with van der Waals surface area (Å²) in [6.45, 7) is 3.65. The monoisotopic (exact) mass is 266 g/mol. The summed E-state index contributed by atoms with van der Waals surface area (Å²) in [6.07, 6.45) is 1.40. The molecule has 96 valence electrons. The van der Waals surface area contributed by atoms with E-state index in [9.17, 15) is 4.79 Å². The van der Waals surface area contributed by atoms with Gasteiger partial charge in [-0.15, -0.1) is 11.3 Å². The number of hydrogen-bond acceptors (Lipinski definition) is 6. The Bertz CT molecular complexity index is 520. The van der Waals surface area contributed by atoms with E-state index in [1.54, 1.807) is 5.38 Å². The number of thiazole rings is 1. The molecule has 0 fully saturated rings. The summed E-state index contributed by atoms with van der Waals surface area (Å²) >= 11 is 1.38. The summed E-state index contributed by atoms with van der Waals surface area (Å²) in [6, 6.07) is -0.413. The van der Waals surface area contributed by atoms with Gasteiger partial charge in [-0.2, -0.15) is 5.10 Å². The van der Waals surface area contributed by atoms with Crippen molar-refractivity contribution < 1.29 is 4.79 Å². The van der Waals surface area contributed by atoms with E-state index in [2.05, 4.69) is 25.5 Å². The molecule has 0 aliphatic heterocycles. The second-order valence-corrected chi connectivity index (χ2v) is 4.82. The molecule has 2 rings (SSSR count). The lowest BCUT2D eigenvalue weighted by molar-refractivity contribution is 0.0934. The zero-order chi connectivity index (χ0) is 13.1. The van der Waals surface area contributed by atoms with E-state index in [1.165, 1.54) is 17.7 Å². The fourth-order valence-electron chi connectivity index (χ4n) is 1.36. The van der Waals surface area contributed by atoms with Gasteiger partial charge in [-0.05, 0) is 13.8 Å². The van der Waals surface area contributed by atoms with Crippen LogP contribution in [0.25, 0.3) is 0 Å². The fraction of sp³-hybridized carbons (Fsp3) is 0.400. The molecule has 0 saturated carbocycles. The van der Waals surface area contributed by atoms with Crippen LogP contribution in [0.1, 0.15) is 47.3 Å². The van der Waals surface area contributed by atoms with Crippen molar-refractivity contribution in [2.45, 2.75) is 25.9 Å². The van der Waals surface area contributed by atoms with Crippen LogP contribution in [0, 0.1) is 0 Å². The quantitative estimate of drug-likeness (QED) is 0.757. The summed E-state index contributed by atoms with van der Waals surface area (Å²) in [5.74, 6) is 0.355. The highest BCUT2D eigenvalue weighted by Gasteiger charge is 2.16. The first-order valence-corrected chi connectivity index (χ1v) is 6.33. The Morgan fingerprint density at radius 2 is 2.33 bits per heavy atom. The highest BCUT2D eigenvalue weighted by molar-refractivity contribution is 7.09. The molecule has 4 N–H and O–H groups in total. The lowest BCUT2D eigenvalue weighted by Gasteiger charge is -2.09. The van der Waals surface area contributed by atoms with Crippen LogP contribution in [0.3, 0.4) is 0 Å². The predicted octanol–water partition coefficient (Wildman–Crippen LogP) is 0.772. The van der Waals surface area contributed by atoms with Crippen LogP contribution in [0.5, 0.6) is 0 Å². The van der Waals surface area contributed by atoms with Crippen molar-refractivity contribution in [3.05, 3.63) is 28.2 Å². The van der Waals surface area contributed by atoms with Crippen LogP contribution in [-0.4, -0.2) is 26.1 Å². The molecule has 2 atom stereocenters. The number of nitrogens with two attached hydrogens (primary N) is 1. The van der Waals surface area contributed by atoms with Crippen molar-refractivity contribution in [2.24, 2.45) is 5.73 Å².